The monoisotopic (exact) mass is 470 g/mol. The predicted molar refractivity (Wildman–Crippen MR) is 95.7 cm³/mol. The molecule has 0 aliphatic heterocycles. The van der Waals surface area contributed by atoms with Gasteiger partial charge in [-0.2, -0.15) is 0 Å². The van der Waals surface area contributed by atoms with Crippen LogP contribution >= 0.6 is 47.8 Å². The molecule has 0 radical (unpaired) electrons. The van der Waals surface area contributed by atoms with E-state index in [2.05, 4.69) is 71.9 Å². The summed E-state index contributed by atoms with van der Waals surface area (Å²) in [6.07, 6.45) is 0. The van der Waals surface area contributed by atoms with E-state index in [1.165, 1.54) is 0 Å². The molecule has 1 aromatic rings. The SMILES string of the molecule is CCN(CC)CCNCCOc1c(Br)cc(Br)cc1Br. The van der Waals surface area contributed by atoms with Gasteiger partial charge in [-0.1, -0.05) is 29.8 Å². The number of nitrogens with one attached hydrogen (secondary N) is 1. The van der Waals surface area contributed by atoms with Gasteiger partial charge in [0.05, 0.1) is 8.95 Å². The maximum Gasteiger partial charge on any atom is 0.147 e. The van der Waals surface area contributed by atoms with E-state index < -0.39 is 0 Å². The van der Waals surface area contributed by atoms with Crippen LogP contribution in [0.25, 0.3) is 0 Å². The highest BCUT2D eigenvalue weighted by atomic mass is 79.9. The van der Waals surface area contributed by atoms with Crippen LogP contribution in [0.1, 0.15) is 13.8 Å². The summed E-state index contributed by atoms with van der Waals surface area (Å²) >= 11 is 10.5. The summed E-state index contributed by atoms with van der Waals surface area (Å²) in [6, 6.07) is 3.96. The highest BCUT2D eigenvalue weighted by molar-refractivity contribution is 9.11. The van der Waals surface area contributed by atoms with Crippen LogP contribution in [0.2, 0.25) is 0 Å². The van der Waals surface area contributed by atoms with Crippen molar-refractivity contribution in [1.82, 2.24) is 10.2 Å². The molecule has 0 spiro atoms. The van der Waals surface area contributed by atoms with Gasteiger partial charge in [0.15, 0.2) is 0 Å². The molecular formula is C14H21Br3N2O. The lowest BCUT2D eigenvalue weighted by atomic mass is 10.3. The van der Waals surface area contributed by atoms with Gasteiger partial charge in [0.1, 0.15) is 12.4 Å². The minimum Gasteiger partial charge on any atom is -0.490 e. The minimum absolute atomic E-state index is 0.650. The van der Waals surface area contributed by atoms with Crippen LogP contribution in [0.4, 0.5) is 0 Å². The van der Waals surface area contributed by atoms with E-state index in [9.17, 15) is 0 Å². The number of ether oxygens (including phenoxy) is 1. The Balaban J connectivity index is 2.25. The molecule has 1 aromatic carbocycles. The fourth-order valence-electron chi connectivity index (χ4n) is 1.79. The Bertz CT molecular complexity index is 388. The molecule has 3 nitrogen and oxygen atoms in total. The van der Waals surface area contributed by atoms with Crippen molar-refractivity contribution in [2.45, 2.75) is 13.8 Å². The molecule has 0 aliphatic rings. The molecule has 0 saturated heterocycles. The summed E-state index contributed by atoms with van der Waals surface area (Å²) in [7, 11) is 0. The van der Waals surface area contributed by atoms with Crippen molar-refractivity contribution < 1.29 is 4.74 Å². The molecule has 114 valence electrons. The number of likely N-dealkylation sites (N-methyl/N-ethyl adjacent to an activating group) is 1. The first kappa shape index (κ1) is 18.4. The Labute approximate surface area is 146 Å². The quantitative estimate of drug-likeness (QED) is 0.543. The van der Waals surface area contributed by atoms with Crippen LogP contribution in [0.15, 0.2) is 25.6 Å². The first-order valence-electron chi connectivity index (χ1n) is 6.78. The van der Waals surface area contributed by atoms with Gasteiger partial charge < -0.3 is 15.0 Å². The fourth-order valence-corrected chi connectivity index (χ4v) is 4.28. The number of nitrogens with zero attached hydrogens (tertiary/aromatic N) is 1. The normalized spacial score (nSPS) is 11.1. The number of hydrogen-bond acceptors (Lipinski definition) is 3. The smallest absolute Gasteiger partial charge is 0.147 e. The molecule has 1 rings (SSSR count). The lowest BCUT2D eigenvalue weighted by Gasteiger charge is -2.18. The molecule has 20 heavy (non-hydrogen) atoms. The van der Waals surface area contributed by atoms with Crippen molar-refractivity contribution in [3.8, 4) is 5.75 Å². The first-order chi connectivity index (χ1) is 9.58. The topological polar surface area (TPSA) is 24.5 Å². The van der Waals surface area contributed by atoms with Crippen LogP contribution in [0.3, 0.4) is 0 Å². The maximum absolute atomic E-state index is 5.79. The van der Waals surface area contributed by atoms with Crippen LogP contribution in [-0.4, -0.2) is 44.2 Å². The molecular weight excluding hydrogens is 452 g/mol. The molecule has 0 aromatic heterocycles. The zero-order chi connectivity index (χ0) is 15.0. The van der Waals surface area contributed by atoms with Gasteiger partial charge >= 0.3 is 0 Å². The summed E-state index contributed by atoms with van der Waals surface area (Å²) in [5.41, 5.74) is 0. The third kappa shape index (κ3) is 6.43. The second-order valence-corrected chi connectivity index (χ2v) is 6.95. The number of hydrogen-bond donors (Lipinski definition) is 1. The third-order valence-electron chi connectivity index (χ3n) is 2.99. The highest BCUT2D eigenvalue weighted by Crippen LogP contribution is 2.36. The van der Waals surface area contributed by atoms with Gasteiger partial charge in [0.25, 0.3) is 0 Å². The second kappa shape index (κ2) is 10.2. The number of halogens is 3. The Morgan fingerprint density at radius 2 is 1.65 bits per heavy atom. The van der Waals surface area contributed by atoms with Crippen LogP contribution in [0, 0.1) is 0 Å². The number of rotatable bonds is 9. The van der Waals surface area contributed by atoms with Gasteiger partial charge in [-0.05, 0) is 57.1 Å². The summed E-state index contributed by atoms with van der Waals surface area (Å²) in [5, 5.41) is 3.40. The van der Waals surface area contributed by atoms with E-state index in [0.717, 1.165) is 51.9 Å². The zero-order valence-electron chi connectivity index (χ0n) is 11.9. The largest absolute Gasteiger partial charge is 0.490 e. The van der Waals surface area contributed by atoms with Gasteiger partial charge in [0, 0.05) is 24.1 Å². The van der Waals surface area contributed by atoms with E-state index >= 15 is 0 Å². The summed E-state index contributed by atoms with van der Waals surface area (Å²) < 4.78 is 8.70. The van der Waals surface area contributed by atoms with Crippen LogP contribution in [-0.2, 0) is 0 Å². The molecule has 0 heterocycles. The molecule has 0 fully saturated rings. The molecule has 0 unspecified atom stereocenters. The van der Waals surface area contributed by atoms with Crippen molar-refractivity contribution in [3.05, 3.63) is 25.6 Å². The maximum atomic E-state index is 5.79. The minimum atomic E-state index is 0.650. The lowest BCUT2D eigenvalue weighted by Crippen LogP contribution is -2.33. The number of benzene rings is 1. The van der Waals surface area contributed by atoms with Crippen molar-refractivity contribution in [2.24, 2.45) is 0 Å². The lowest BCUT2D eigenvalue weighted by molar-refractivity contribution is 0.284. The Kier molecular flexibility index (Phi) is 9.37. The van der Waals surface area contributed by atoms with Crippen molar-refractivity contribution in [1.29, 1.82) is 0 Å². The summed E-state index contributed by atoms with van der Waals surface area (Å²) in [6.45, 7) is 10.2. The van der Waals surface area contributed by atoms with Crippen molar-refractivity contribution in [2.75, 3.05) is 39.3 Å². The van der Waals surface area contributed by atoms with Gasteiger partial charge in [-0.3, -0.25) is 0 Å². The molecule has 0 aliphatic carbocycles. The Morgan fingerprint density at radius 3 is 2.20 bits per heavy atom. The van der Waals surface area contributed by atoms with Crippen LogP contribution in [0.5, 0.6) is 5.75 Å². The van der Waals surface area contributed by atoms with E-state index in [1.54, 1.807) is 0 Å². The van der Waals surface area contributed by atoms with E-state index in [1.807, 2.05) is 12.1 Å². The van der Waals surface area contributed by atoms with Gasteiger partial charge in [0.2, 0.25) is 0 Å². The standard InChI is InChI=1S/C14H21Br3N2O/c1-3-19(4-2)7-5-18-6-8-20-14-12(16)9-11(15)10-13(14)17/h9-10,18H,3-8H2,1-2H3. The van der Waals surface area contributed by atoms with E-state index in [-0.39, 0.29) is 0 Å². The average molecular weight is 473 g/mol. The highest BCUT2D eigenvalue weighted by Gasteiger charge is 2.07. The summed E-state index contributed by atoms with van der Waals surface area (Å²) in [5.74, 6) is 0.846. The first-order valence-corrected chi connectivity index (χ1v) is 9.16. The summed E-state index contributed by atoms with van der Waals surface area (Å²) in [4.78, 5) is 2.40. The Hall–Kier alpha value is 0.380. The van der Waals surface area contributed by atoms with Crippen LogP contribution < -0.4 is 10.1 Å². The molecule has 0 bridgehead atoms. The average Bonchev–Trinajstić information content (AvgIpc) is 2.40. The van der Waals surface area contributed by atoms with Crippen molar-refractivity contribution in [3.63, 3.8) is 0 Å². The molecule has 0 saturated carbocycles. The third-order valence-corrected chi connectivity index (χ3v) is 4.62. The Morgan fingerprint density at radius 1 is 1.05 bits per heavy atom. The zero-order valence-corrected chi connectivity index (χ0v) is 16.6. The van der Waals surface area contributed by atoms with Gasteiger partial charge in [-0.15, -0.1) is 0 Å². The molecule has 0 atom stereocenters. The predicted octanol–water partition coefficient (Wildman–Crippen LogP) is 4.28. The molecule has 6 heteroatoms. The molecule has 1 N–H and O–H groups in total. The molecule has 0 amide bonds. The van der Waals surface area contributed by atoms with Gasteiger partial charge in [-0.25, -0.2) is 0 Å². The second-order valence-electron chi connectivity index (χ2n) is 4.32. The van der Waals surface area contributed by atoms with Crippen molar-refractivity contribution >= 4 is 47.8 Å². The fraction of sp³-hybridized carbons (Fsp3) is 0.571. The van der Waals surface area contributed by atoms with E-state index in [4.69, 9.17) is 4.74 Å². The van der Waals surface area contributed by atoms with E-state index in [0.29, 0.717) is 6.61 Å².